The van der Waals surface area contributed by atoms with Crippen molar-refractivity contribution in [3.63, 3.8) is 0 Å². The molecule has 0 aromatic heterocycles. The van der Waals surface area contributed by atoms with E-state index in [9.17, 15) is 4.79 Å². The lowest BCUT2D eigenvalue weighted by atomic mass is 10.1. The maximum atomic E-state index is 10.5. The number of ether oxygens (including phenoxy) is 2. The Balaban J connectivity index is 0.000000410. The first-order valence-electron chi connectivity index (χ1n) is 15.4. The molecule has 0 amide bonds. The van der Waals surface area contributed by atoms with Crippen molar-refractivity contribution in [3.8, 4) is 11.5 Å². The van der Waals surface area contributed by atoms with Crippen LogP contribution in [-0.2, 0) is 4.79 Å². The number of hydrogen-bond acceptors (Lipinski definition) is 4. The summed E-state index contributed by atoms with van der Waals surface area (Å²) in [5, 5.41) is 20.6. The molecule has 0 aliphatic carbocycles. The maximum Gasteiger partial charge on any atom is 0.306 e. The lowest BCUT2D eigenvalue weighted by Gasteiger charge is -2.27. The second kappa shape index (κ2) is 17.8. The molecular formula is C34H58O5Si2. The van der Waals surface area contributed by atoms with Gasteiger partial charge in [0.15, 0.2) is 0 Å². The van der Waals surface area contributed by atoms with Crippen LogP contribution in [0.1, 0.15) is 90.5 Å². The van der Waals surface area contributed by atoms with Crippen molar-refractivity contribution in [2.75, 3.05) is 19.8 Å². The van der Waals surface area contributed by atoms with Crippen molar-refractivity contribution in [3.05, 3.63) is 46.5 Å². The summed E-state index contributed by atoms with van der Waals surface area (Å²) in [6.07, 6.45) is 0.727. The molecule has 0 spiro atoms. The fraction of sp³-hybridized carbons (Fsp3) is 0.618. The van der Waals surface area contributed by atoms with Crippen molar-refractivity contribution >= 4 is 33.9 Å². The Kier molecular flexibility index (Phi) is 16.0. The second-order valence-corrected chi connectivity index (χ2v) is 21.5. The van der Waals surface area contributed by atoms with E-state index in [1.54, 1.807) is 10.4 Å². The average molecular weight is 603 g/mol. The third-order valence-electron chi connectivity index (χ3n) is 7.83. The number of carboxylic acid groups (broad SMARTS) is 1. The van der Waals surface area contributed by atoms with Crippen molar-refractivity contribution in [2.24, 2.45) is 0 Å². The summed E-state index contributed by atoms with van der Waals surface area (Å²) < 4.78 is 11.3. The van der Waals surface area contributed by atoms with Crippen LogP contribution in [0.4, 0.5) is 0 Å². The second-order valence-electron chi connectivity index (χ2n) is 12.9. The van der Waals surface area contributed by atoms with Gasteiger partial charge in [-0.15, -0.1) is 0 Å². The Labute approximate surface area is 253 Å². The van der Waals surface area contributed by atoms with Gasteiger partial charge in [0.05, 0.1) is 37.2 Å². The number of carbonyl (C=O) groups is 1. The molecule has 0 unspecified atom stereocenters. The summed E-state index contributed by atoms with van der Waals surface area (Å²) in [5.74, 6) is 0.903. The summed E-state index contributed by atoms with van der Waals surface area (Å²) in [6.45, 7) is 28.5. The summed E-state index contributed by atoms with van der Waals surface area (Å²) in [7, 11) is -2.00. The Morgan fingerprint density at radius 1 is 0.659 bits per heavy atom. The fourth-order valence-corrected chi connectivity index (χ4v) is 14.7. The molecule has 2 aromatic rings. The topological polar surface area (TPSA) is 76.0 Å². The van der Waals surface area contributed by atoms with Gasteiger partial charge in [0.1, 0.15) is 11.5 Å². The predicted molar refractivity (Wildman–Crippen MR) is 181 cm³/mol. The van der Waals surface area contributed by atoms with E-state index in [0.29, 0.717) is 13.0 Å². The summed E-state index contributed by atoms with van der Waals surface area (Å²) in [6, 6.07) is 8.47. The molecule has 5 nitrogen and oxygen atoms in total. The first-order chi connectivity index (χ1) is 19.1. The van der Waals surface area contributed by atoms with E-state index < -0.39 is 23.6 Å². The van der Waals surface area contributed by atoms with E-state index in [-0.39, 0.29) is 19.6 Å². The molecule has 7 heteroatoms. The number of hydrogen-bond donors (Lipinski definition) is 2. The number of aliphatic carboxylic acids is 1. The van der Waals surface area contributed by atoms with Crippen molar-refractivity contribution < 1.29 is 24.5 Å². The third-order valence-corrected chi connectivity index (χ3v) is 16.7. The largest absolute Gasteiger partial charge is 0.493 e. The lowest BCUT2D eigenvalue weighted by molar-refractivity contribution is -0.137. The van der Waals surface area contributed by atoms with Crippen molar-refractivity contribution in [1.82, 2.24) is 0 Å². The SMILES string of the molecule is Cc1cc(OCCC(=O)O)cc(C)c1[SiH](C(C)C)C(C)C.Cc1cc(OCCCO)cc(C)c1[SiH](C(C)C)C(C)C. The number of aliphatic hydroxyl groups is 1. The first kappa shape index (κ1) is 36.9. The van der Waals surface area contributed by atoms with Crippen LogP contribution in [0.5, 0.6) is 11.5 Å². The molecule has 0 saturated heterocycles. The van der Waals surface area contributed by atoms with Gasteiger partial charge in [-0.3, -0.25) is 4.79 Å². The standard InChI is InChI=1S/C17H28O3Si.C17H30O2Si/c1-11(2)21(12(3)4)17-13(5)9-15(10-14(17)6)20-8-7-16(18)19;1-12(2)20(13(3)4)17-14(5)10-16(11-15(17)6)19-9-7-8-18/h9-12,21H,7-8H2,1-6H3,(H,18,19);10-13,18,20H,7-9H2,1-6H3. The molecule has 0 heterocycles. The summed E-state index contributed by atoms with van der Waals surface area (Å²) in [4.78, 5) is 10.5. The number of benzene rings is 2. The minimum absolute atomic E-state index is 0.0369. The van der Waals surface area contributed by atoms with Gasteiger partial charge in [0.25, 0.3) is 0 Å². The summed E-state index contributed by atoms with van der Waals surface area (Å²) >= 11 is 0. The minimum Gasteiger partial charge on any atom is -0.493 e. The molecule has 0 saturated carbocycles. The third kappa shape index (κ3) is 11.6. The van der Waals surface area contributed by atoms with Gasteiger partial charge in [-0.2, -0.15) is 0 Å². The molecule has 2 rings (SSSR count). The number of aliphatic hydroxyl groups excluding tert-OH is 1. The molecule has 0 fully saturated rings. The fourth-order valence-electron chi connectivity index (χ4n) is 6.47. The summed E-state index contributed by atoms with van der Waals surface area (Å²) in [5.41, 5.74) is 8.33. The van der Waals surface area contributed by atoms with Gasteiger partial charge < -0.3 is 19.7 Å². The van der Waals surface area contributed by atoms with E-state index in [1.807, 2.05) is 0 Å². The molecular weight excluding hydrogens is 545 g/mol. The van der Waals surface area contributed by atoms with Gasteiger partial charge in [-0.1, -0.05) is 65.8 Å². The van der Waals surface area contributed by atoms with Gasteiger partial charge in [0.2, 0.25) is 0 Å². The highest BCUT2D eigenvalue weighted by Crippen LogP contribution is 2.26. The van der Waals surface area contributed by atoms with Crippen LogP contribution in [-0.4, -0.2) is 53.6 Å². The number of aryl methyl sites for hydroxylation is 4. The molecule has 41 heavy (non-hydrogen) atoms. The van der Waals surface area contributed by atoms with Crippen molar-refractivity contribution in [2.45, 2.75) is 118 Å². The Morgan fingerprint density at radius 2 is 0.976 bits per heavy atom. The molecule has 0 bridgehead atoms. The monoisotopic (exact) mass is 602 g/mol. The molecule has 0 atom stereocenters. The van der Waals surface area contributed by atoms with E-state index in [2.05, 4.69) is 107 Å². The number of carboxylic acids is 1. The van der Waals surface area contributed by atoms with Crippen LogP contribution in [0.15, 0.2) is 24.3 Å². The van der Waals surface area contributed by atoms with Gasteiger partial charge in [-0.05, 0) is 96.4 Å². The van der Waals surface area contributed by atoms with Crippen LogP contribution in [0.2, 0.25) is 22.2 Å². The zero-order valence-corrected chi connectivity index (χ0v) is 30.2. The molecule has 2 N–H and O–H groups in total. The van der Waals surface area contributed by atoms with Gasteiger partial charge in [-0.25, -0.2) is 0 Å². The zero-order valence-electron chi connectivity index (χ0n) is 27.9. The quantitative estimate of drug-likeness (QED) is 0.185. The smallest absolute Gasteiger partial charge is 0.306 e. The zero-order chi connectivity index (χ0) is 31.4. The molecule has 0 radical (unpaired) electrons. The molecule has 232 valence electrons. The Morgan fingerprint density at radius 3 is 1.24 bits per heavy atom. The number of rotatable bonds is 14. The highest BCUT2D eigenvalue weighted by Gasteiger charge is 2.26. The van der Waals surface area contributed by atoms with Crippen LogP contribution >= 0.6 is 0 Å². The molecule has 2 aromatic carbocycles. The van der Waals surface area contributed by atoms with E-state index in [4.69, 9.17) is 19.7 Å². The predicted octanol–water partition coefficient (Wildman–Crippen LogP) is 6.73. The Hall–Kier alpha value is -2.10. The highest BCUT2D eigenvalue weighted by molar-refractivity contribution is 6.76. The van der Waals surface area contributed by atoms with Crippen LogP contribution in [0.25, 0.3) is 0 Å². The first-order valence-corrected chi connectivity index (χ1v) is 19.2. The van der Waals surface area contributed by atoms with Crippen LogP contribution in [0, 0.1) is 27.7 Å². The van der Waals surface area contributed by atoms with Gasteiger partial charge in [0, 0.05) is 13.0 Å². The molecule has 0 aliphatic rings. The van der Waals surface area contributed by atoms with Crippen LogP contribution in [0.3, 0.4) is 0 Å². The minimum atomic E-state index is -1.03. The highest BCUT2D eigenvalue weighted by atomic mass is 28.3. The normalized spacial score (nSPS) is 11.6. The van der Waals surface area contributed by atoms with E-state index in [0.717, 1.165) is 33.7 Å². The molecule has 0 aliphatic heterocycles. The van der Waals surface area contributed by atoms with E-state index >= 15 is 0 Å². The van der Waals surface area contributed by atoms with Crippen LogP contribution < -0.4 is 19.8 Å². The van der Waals surface area contributed by atoms with E-state index in [1.165, 1.54) is 22.3 Å². The average Bonchev–Trinajstić information content (AvgIpc) is 2.83. The van der Waals surface area contributed by atoms with Gasteiger partial charge >= 0.3 is 5.97 Å². The lowest BCUT2D eigenvalue weighted by Crippen LogP contribution is -2.39. The Bertz CT molecular complexity index is 1030. The maximum absolute atomic E-state index is 10.5. The van der Waals surface area contributed by atoms with Crippen molar-refractivity contribution in [1.29, 1.82) is 0 Å².